The normalized spacial score (nSPS) is 10.1. The predicted molar refractivity (Wildman–Crippen MR) is 61.1 cm³/mol. The Morgan fingerprint density at radius 1 is 1.41 bits per heavy atom. The Hall–Kier alpha value is -1.85. The molecule has 0 atom stereocenters. The second-order valence-corrected chi connectivity index (χ2v) is 3.96. The number of carbonyl (C=O) groups excluding carboxylic acids is 2. The van der Waals surface area contributed by atoms with E-state index in [9.17, 15) is 9.59 Å². The Morgan fingerprint density at radius 2 is 2.06 bits per heavy atom. The van der Waals surface area contributed by atoms with Crippen LogP contribution in [0.1, 0.15) is 23.9 Å². The van der Waals surface area contributed by atoms with Gasteiger partial charge in [0.15, 0.2) is 0 Å². The third kappa shape index (κ3) is 3.58. The monoisotopic (exact) mass is 239 g/mol. The van der Waals surface area contributed by atoms with E-state index in [2.05, 4.69) is 10.5 Å². The second kappa shape index (κ2) is 5.47. The van der Waals surface area contributed by atoms with E-state index in [1.807, 2.05) is 13.8 Å². The summed E-state index contributed by atoms with van der Waals surface area (Å²) in [5.74, 6) is 0.339. The van der Waals surface area contributed by atoms with Crippen LogP contribution in [0, 0.1) is 13.8 Å². The molecule has 17 heavy (non-hydrogen) atoms. The lowest BCUT2D eigenvalue weighted by Gasteiger charge is -2.16. The maximum atomic E-state index is 11.7. The van der Waals surface area contributed by atoms with Crippen molar-refractivity contribution in [3.05, 3.63) is 17.0 Å². The number of nitrogens with zero attached hydrogens (tertiary/aromatic N) is 2. The molecule has 0 fully saturated rings. The Bertz CT molecular complexity index is 406. The minimum Gasteiger partial charge on any atom is -0.361 e. The highest BCUT2D eigenvalue weighted by Crippen LogP contribution is 2.13. The van der Waals surface area contributed by atoms with Crippen LogP contribution >= 0.6 is 0 Å². The predicted octanol–water partition coefficient (Wildman–Crippen LogP) is 0.386. The Balaban J connectivity index is 2.57. The van der Waals surface area contributed by atoms with E-state index in [1.165, 1.54) is 11.8 Å². The van der Waals surface area contributed by atoms with E-state index in [4.69, 9.17) is 4.52 Å². The van der Waals surface area contributed by atoms with Crippen molar-refractivity contribution in [2.24, 2.45) is 0 Å². The maximum absolute atomic E-state index is 11.7. The largest absolute Gasteiger partial charge is 0.361 e. The molecule has 0 aliphatic rings. The van der Waals surface area contributed by atoms with Crippen molar-refractivity contribution in [1.29, 1.82) is 0 Å². The number of nitrogens with one attached hydrogen (secondary N) is 1. The van der Waals surface area contributed by atoms with E-state index >= 15 is 0 Å². The van der Waals surface area contributed by atoms with Crippen LogP contribution < -0.4 is 5.32 Å². The smallest absolute Gasteiger partial charge is 0.242 e. The number of rotatable bonds is 4. The Morgan fingerprint density at radius 3 is 2.53 bits per heavy atom. The molecule has 94 valence electrons. The zero-order chi connectivity index (χ0) is 13.0. The molecule has 2 amide bonds. The summed E-state index contributed by atoms with van der Waals surface area (Å²) >= 11 is 0. The van der Waals surface area contributed by atoms with E-state index < -0.39 is 0 Å². The molecule has 1 N–H and O–H groups in total. The topological polar surface area (TPSA) is 75.4 Å². The quantitative estimate of drug-likeness (QED) is 0.824. The molecule has 1 rings (SSSR count). The highest BCUT2D eigenvalue weighted by molar-refractivity contribution is 5.83. The molecule has 1 heterocycles. The van der Waals surface area contributed by atoms with Gasteiger partial charge in [-0.15, -0.1) is 0 Å². The minimum absolute atomic E-state index is 0.00914. The second-order valence-electron chi connectivity index (χ2n) is 3.96. The van der Waals surface area contributed by atoms with Gasteiger partial charge in [-0.05, 0) is 13.8 Å². The minimum atomic E-state index is -0.218. The van der Waals surface area contributed by atoms with Gasteiger partial charge in [0.2, 0.25) is 11.8 Å². The van der Waals surface area contributed by atoms with Crippen LogP contribution in [0.2, 0.25) is 0 Å². The number of amides is 2. The van der Waals surface area contributed by atoms with E-state index in [-0.39, 0.29) is 18.4 Å². The lowest BCUT2D eigenvalue weighted by molar-refractivity contribution is -0.131. The highest BCUT2D eigenvalue weighted by atomic mass is 16.5. The van der Waals surface area contributed by atoms with Crippen LogP contribution in [-0.2, 0) is 16.1 Å². The summed E-state index contributed by atoms with van der Waals surface area (Å²) in [5, 5.41) is 6.29. The molecule has 1 aromatic heterocycles. The van der Waals surface area contributed by atoms with Gasteiger partial charge < -0.3 is 14.7 Å². The van der Waals surface area contributed by atoms with Crippen molar-refractivity contribution in [3.8, 4) is 0 Å². The first-order chi connectivity index (χ1) is 7.91. The Kier molecular flexibility index (Phi) is 4.25. The molecule has 6 heteroatoms. The molecule has 0 radical (unpaired) electrons. The van der Waals surface area contributed by atoms with Crippen LogP contribution in [-0.4, -0.2) is 35.5 Å². The zero-order valence-corrected chi connectivity index (χ0v) is 10.5. The van der Waals surface area contributed by atoms with Crippen LogP contribution in [0.25, 0.3) is 0 Å². The molecule has 0 aliphatic carbocycles. The maximum Gasteiger partial charge on any atom is 0.242 e. The first-order valence-electron chi connectivity index (χ1n) is 5.32. The summed E-state index contributed by atoms with van der Waals surface area (Å²) in [5.41, 5.74) is 1.69. The van der Waals surface area contributed by atoms with Crippen molar-refractivity contribution < 1.29 is 14.1 Å². The van der Waals surface area contributed by atoms with Gasteiger partial charge >= 0.3 is 0 Å². The summed E-state index contributed by atoms with van der Waals surface area (Å²) in [6.45, 7) is 5.45. The molecular formula is C11H17N3O3. The molecular weight excluding hydrogens is 222 g/mol. The van der Waals surface area contributed by atoms with Gasteiger partial charge in [-0.3, -0.25) is 9.59 Å². The number of aromatic nitrogens is 1. The standard InChI is InChI=1S/C11H17N3O3/c1-7-10(8(2)17-13-7)6-14(4)11(16)5-12-9(3)15/h5-6H2,1-4H3,(H,12,15). The van der Waals surface area contributed by atoms with Crippen LogP contribution in [0.4, 0.5) is 0 Å². The Labute approximate surface area is 99.9 Å². The third-order valence-electron chi connectivity index (χ3n) is 2.49. The van der Waals surface area contributed by atoms with E-state index in [0.29, 0.717) is 12.3 Å². The molecule has 1 aromatic rings. The molecule has 0 saturated heterocycles. The summed E-state index contributed by atoms with van der Waals surface area (Å²) in [6, 6.07) is 0. The van der Waals surface area contributed by atoms with Crippen LogP contribution in [0.15, 0.2) is 4.52 Å². The number of likely N-dealkylation sites (N-methyl/N-ethyl adjacent to an activating group) is 1. The molecule has 0 saturated carbocycles. The van der Waals surface area contributed by atoms with Crippen molar-refractivity contribution in [1.82, 2.24) is 15.4 Å². The van der Waals surface area contributed by atoms with Gasteiger partial charge in [-0.25, -0.2) is 0 Å². The van der Waals surface area contributed by atoms with Gasteiger partial charge in [-0.1, -0.05) is 5.16 Å². The van der Waals surface area contributed by atoms with E-state index in [1.54, 1.807) is 7.05 Å². The van der Waals surface area contributed by atoms with Gasteiger partial charge in [-0.2, -0.15) is 0 Å². The fourth-order valence-electron chi connectivity index (χ4n) is 1.39. The molecule has 0 unspecified atom stereocenters. The SMILES string of the molecule is CC(=O)NCC(=O)N(C)Cc1c(C)noc1C. The first-order valence-corrected chi connectivity index (χ1v) is 5.32. The van der Waals surface area contributed by atoms with E-state index in [0.717, 1.165) is 11.3 Å². The van der Waals surface area contributed by atoms with Crippen LogP contribution in [0.5, 0.6) is 0 Å². The number of carbonyl (C=O) groups is 2. The molecule has 6 nitrogen and oxygen atoms in total. The average Bonchev–Trinajstić information content (AvgIpc) is 2.57. The highest BCUT2D eigenvalue weighted by Gasteiger charge is 2.15. The fourth-order valence-corrected chi connectivity index (χ4v) is 1.39. The van der Waals surface area contributed by atoms with Crippen molar-refractivity contribution in [2.45, 2.75) is 27.3 Å². The number of hydrogen-bond acceptors (Lipinski definition) is 4. The molecule has 0 aliphatic heterocycles. The summed E-state index contributed by atoms with van der Waals surface area (Å²) < 4.78 is 5.02. The van der Waals surface area contributed by atoms with Gasteiger partial charge in [0.1, 0.15) is 5.76 Å². The fraction of sp³-hybridized carbons (Fsp3) is 0.545. The molecule has 0 aromatic carbocycles. The van der Waals surface area contributed by atoms with Crippen LogP contribution in [0.3, 0.4) is 0 Å². The number of aryl methyl sites for hydroxylation is 2. The zero-order valence-electron chi connectivity index (χ0n) is 10.5. The van der Waals surface area contributed by atoms with Gasteiger partial charge in [0, 0.05) is 19.5 Å². The van der Waals surface area contributed by atoms with Gasteiger partial charge in [0.05, 0.1) is 18.8 Å². The lowest BCUT2D eigenvalue weighted by Crippen LogP contribution is -2.37. The summed E-state index contributed by atoms with van der Waals surface area (Å²) in [7, 11) is 1.68. The summed E-state index contributed by atoms with van der Waals surface area (Å²) in [4.78, 5) is 23.9. The first kappa shape index (κ1) is 13.2. The van der Waals surface area contributed by atoms with Crippen molar-refractivity contribution >= 4 is 11.8 Å². The summed E-state index contributed by atoms with van der Waals surface area (Å²) in [6.07, 6.45) is 0. The van der Waals surface area contributed by atoms with Gasteiger partial charge in [0.25, 0.3) is 0 Å². The van der Waals surface area contributed by atoms with Crippen molar-refractivity contribution in [3.63, 3.8) is 0 Å². The molecule has 0 spiro atoms. The third-order valence-corrected chi connectivity index (χ3v) is 2.49. The average molecular weight is 239 g/mol. The van der Waals surface area contributed by atoms with Crippen molar-refractivity contribution in [2.75, 3.05) is 13.6 Å². The number of hydrogen-bond donors (Lipinski definition) is 1. The molecule has 0 bridgehead atoms. The lowest BCUT2D eigenvalue weighted by atomic mass is 10.2.